The maximum Gasteiger partial charge on any atom is 0.251 e. The van der Waals surface area contributed by atoms with Gasteiger partial charge in [0.2, 0.25) is 17.7 Å². The number of nitrogens with one attached hydrogen (secondary N) is 1. The van der Waals surface area contributed by atoms with Crippen LogP contribution in [0.4, 0.5) is 4.39 Å². The monoisotopic (exact) mass is 356 g/mol. The highest BCUT2D eigenvalue weighted by molar-refractivity contribution is 5.75. The number of halogens is 1. The number of benzene rings is 1. The van der Waals surface area contributed by atoms with Crippen molar-refractivity contribution in [3.8, 4) is 11.5 Å². The number of carbonyl (C=O) groups excluding carboxylic acids is 1. The second-order valence-corrected chi connectivity index (χ2v) is 5.64. The third kappa shape index (κ3) is 4.21. The lowest BCUT2D eigenvalue weighted by Crippen LogP contribution is -2.31. The van der Waals surface area contributed by atoms with E-state index in [2.05, 4.69) is 15.5 Å². The van der Waals surface area contributed by atoms with E-state index >= 15 is 0 Å². The van der Waals surface area contributed by atoms with Crippen LogP contribution in [0, 0.1) is 5.82 Å². The van der Waals surface area contributed by atoms with Gasteiger partial charge in [-0.25, -0.2) is 4.39 Å². The number of pyridine rings is 1. The van der Waals surface area contributed by atoms with Crippen LogP contribution in [0.1, 0.15) is 18.4 Å². The van der Waals surface area contributed by atoms with E-state index in [0.29, 0.717) is 23.8 Å². The molecule has 0 fully saturated rings. The van der Waals surface area contributed by atoms with Crippen molar-refractivity contribution in [2.75, 3.05) is 0 Å². The van der Waals surface area contributed by atoms with Gasteiger partial charge in [-0.1, -0.05) is 19.1 Å². The van der Waals surface area contributed by atoms with Crippen molar-refractivity contribution in [2.45, 2.75) is 26.4 Å². The normalized spacial score (nSPS) is 10.7. The topological polar surface area (TPSA) is 90.0 Å². The van der Waals surface area contributed by atoms with Crippen molar-refractivity contribution in [1.82, 2.24) is 20.1 Å². The number of rotatable bonds is 6. The first-order chi connectivity index (χ1) is 12.5. The number of carbonyl (C=O) groups is 1. The van der Waals surface area contributed by atoms with Crippen molar-refractivity contribution in [2.24, 2.45) is 0 Å². The highest BCUT2D eigenvalue weighted by atomic mass is 19.1. The Kier molecular flexibility index (Phi) is 5.21. The maximum atomic E-state index is 12.9. The van der Waals surface area contributed by atoms with E-state index < -0.39 is 0 Å². The third-order valence-electron chi connectivity index (χ3n) is 3.72. The zero-order valence-electron chi connectivity index (χ0n) is 14.1. The summed E-state index contributed by atoms with van der Waals surface area (Å²) in [6, 6.07) is 8.74. The first kappa shape index (κ1) is 17.5. The van der Waals surface area contributed by atoms with Crippen molar-refractivity contribution in [1.29, 1.82) is 0 Å². The Labute approximate surface area is 148 Å². The molecule has 2 aromatic heterocycles. The first-order valence-electron chi connectivity index (χ1n) is 8.09. The average Bonchev–Trinajstić information content (AvgIpc) is 3.12. The summed E-state index contributed by atoms with van der Waals surface area (Å²) in [5, 5.41) is 10.5. The van der Waals surface area contributed by atoms with E-state index in [1.54, 1.807) is 18.2 Å². The molecule has 1 aromatic carbocycles. The zero-order valence-corrected chi connectivity index (χ0v) is 14.1. The van der Waals surface area contributed by atoms with Gasteiger partial charge in [-0.2, -0.15) is 0 Å². The summed E-state index contributed by atoms with van der Waals surface area (Å²) in [6.07, 6.45) is 2.12. The molecule has 134 valence electrons. The van der Waals surface area contributed by atoms with Gasteiger partial charge in [-0.05, 0) is 23.8 Å². The van der Waals surface area contributed by atoms with E-state index in [9.17, 15) is 14.0 Å². The predicted octanol–water partition coefficient (Wildman–Crippen LogP) is 1.92. The molecule has 0 radical (unpaired) electrons. The lowest BCUT2D eigenvalue weighted by molar-refractivity contribution is -0.121. The Morgan fingerprint density at radius 1 is 1.19 bits per heavy atom. The molecular weight excluding hydrogens is 339 g/mol. The van der Waals surface area contributed by atoms with Crippen molar-refractivity contribution >= 4 is 5.91 Å². The van der Waals surface area contributed by atoms with Gasteiger partial charge >= 0.3 is 0 Å². The summed E-state index contributed by atoms with van der Waals surface area (Å²) in [5.74, 6) is 0.112. The van der Waals surface area contributed by atoms with Crippen molar-refractivity contribution < 1.29 is 13.6 Å². The molecule has 2 heterocycles. The molecule has 1 N–H and O–H groups in total. The van der Waals surface area contributed by atoms with Gasteiger partial charge in [-0.3, -0.25) is 9.59 Å². The standard InChI is InChI=1S/C18H17FN4O3/c1-2-16-21-22-18(26-16)13-5-8-17(25)23(10-13)11-15(24)20-9-12-3-6-14(19)7-4-12/h3-8,10H,2,9,11H2,1H3,(H,20,24). The number of hydrogen-bond donors (Lipinski definition) is 1. The quantitative estimate of drug-likeness (QED) is 0.729. The van der Waals surface area contributed by atoms with Crippen LogP contribution in [0.25, 0.3) is 11.5 Å². The van der Waals surface area contributed by atoms with Crippen molar-refractivity contribution in [3.63, 3.8) is 0 Å². The van der Waals surface area contributed by atoms with Crippen LogP contribution < -0.4 is 10.9 Å². The fraction of sp³-hybridized carbons (Fsp3) is 0.222. The summed E-state index contributed by atoms with van der Waals surface area (Å²) >= 11 is 0. The molecule has 3 aromatic rings. The molecule has 0 unspecified atom stereocenters. The molecule has 0 saturated heterocycles. The molecule has 8 heteroatoms. The highest BCUT2D eigenvalue weighted by Gasteiger charge is 2.11. The average molecular weight is 356 g/mol. The molecule has 1 amide bonds. The Hall–Kier alpha value is -3.29. The molecule has 3 rings (SSSR count). The summed E-state index contributed by atoms with van der Waals surface area (Å²) < 4.78 is 19.6. The van der Waals surface area contributed by atoms with E-state index in [4.69, 9.17) is 4.42 Å². The maximum absolute atomic E-state index is 12.9. The molecule has 0 aliphatic rings. The minimum absolute atomic E-state index is 0.150. The fourth-order valence-electron chi connectivity index (χ4n) is 2.31. The van der Waals surface area contributed by atoms with Crippen LogP contribution in [0.5, 0.6) is 0 Å². The smallest absolute Gasteiger partial charge is 0.251 e. The number of aromatic nitrogens is 3. The van der Waals surface area contributed by atoms with Crippen LogP contribution in [0.15, 0.2) is 51.8 Å². The second kappa shape index (κ2) is 7.73. The van der Waals surface area contributed by atoms with Crippen LogP contribution in [-0.2, 0) is 24.3 Å². The largest absolute Gasteiger partial charge is 0.421 e. The van der Waals surface area contributed by atoms with Gasteiger partial charge in [0.05, 0.1) is 5.56 Å². The lowest BCUT2D eigenvalue weighted by atomic mass is 10.2. The number of nitrogens with zero attached hydrogens (tertiary/aromatic N) is 3. The molecule has 0 saturated carbocycles. The van der Waals surface area contributed by atoms with Gasteiger partial charge < -0.3 is 14.3 Å². The fourth-order valence-corrected chi connectivity index (χ4v) is 2.31. The Balaban J connectivity index is 1.68. The third-order valence-corrected chi connectivity index (χ3v) is 3.72. The van der Waals surface area contributed by atoms with Gasteiger partial charge in [0.25, 0.3) is 5.56 Å². The molecule has 0 aliphatic carbocycles. The van der Waals surface area contributed by atoms with E-state index in [-0.39, 0.29) is 30.4 Å². The lowest BCUT2D eigenvalue weighted by Gasteiger charge is -2.08. The Morgan fingerprint density at radius 2 is 1.96 bits per heavy atom. The molecule has 0 aliphatic heterocycles. The Bertz CT molecular complexity index is 963. The van der Waals surface area contributed by atoms with Crippen LogP contribution >= 0.6 is 0 Å². The van der Waals surface area contributed by atoms with E-state index in [1.807, 2.05) is 6.92 Å². The summed E-state index contributed by atoms with van der Waals surface area (Å²) in [4.78, 5) is 24.1. The highest BCUT2D eigenvalue weighted by Crippen LogP contribution is 2.16. The summed E-state index contributed by atoms with van der Waals surface area (Å²) in [6.45, 7) is 1.99. The van der Waals surface area contributed by atoms with Gasteiger partial charge in [0, 0.05) is 25.2 Å². The second-order valence-electron chi connectivity index (χ2n) is 5.64. The first-order valence-corrected chi connectivity index (χ1v) is 8.09. The van der Waals surface area contributed by atoms with Gasteiger partial charge in [0.1, 0.15) is 12.4 Å². The molecule has 0 atom stereocenters. The minimum atomic E-state index is -0.339. The Morgan fingerprint density at radius 3 is 2.65 bits per heavy atom. The summed E-state index contributed by atoms with van der Waals surface area (Å²) in [7, 11) is 0. The SMILES string of the molecule is CCc1nnc(-c2ccc(=O)n(CC(=O)NCc3ccc(F)cc3)c2)o1. The molecule has 0 bridgehead atoms. The molecule has 0 spiro atoms. The van der Waals surface area contributed by atoms with Gasteiger partial charge in [-0.15, -0.1) is 10.2 Å². The van der Waals surface area contributed by atoms with E-state index in [0.717, 1.165) is 5.56 Å². The molecule has 7 nitrogen and oxygen atoms in total. The zero-order chi connectivity index (χ0) is 18.5. The molecular formula is C18H17FN4O3. The van der Waals surface area contributed by atoms with Crippen LogP contribution in [0.2, 0.25) is 0 Å². The number of hydrogen-bond acceptors (Lipinski definition) is 5. The predicted molar refractivity (Wildman–Crippen MR) is 91.6 cm³/mol. The van der Waals surface area contributed by atoms with Crippen molar-refractivity contribution in [3.05, 3.63) is 70.2 Å². The van der Waals surface area contributed by atoms with Gasteiger partial charge in [0.15, 0.2) is 0 Å². The van der Waals surface area contributed by atoms with E-state index in [1.165, 1.54) is 29.0 Å². The molecule has 26 heavy (non-hydrogen) atoms. The number of aryl methyl sites for hydroxylation is 1. The minimum Gasteiger partial charge on any atom is -0.421 e. The summed E-state index contributed by atoms with van der Waals surface area (Å²) in [5.41, 5.74) is 1.00. The van der Waals surface area contributed by atoms with Crippen LogP contribution in [-0.4, -0.2) is 20.7 Å². The number of amides is 1. The van der Waals surface area contributed by atoms with Crippen LogP contribution in [0.3, 0.4) is 0 Å².